The number of nitrogens with zero attached hydrogens (tertiary/aromatic N) is 4. The van der Waals surface area contributed by atoms with E-state index in [-0.39, 0.29) is 5.91 Å². The Bertz CT molecular complexity index is 962. The summed E-state index contributed by atoms with van der Waals surface area (Å²) >= 11 is 1.32. The van der Waals surface area contributed by atoms with Crippen LogP contribution in [0.4, 0.5) is 5.69 Å². The minimum atomic E-state index is -0.395. The minimum absolute atomic E-state index is 0.193. The zero-order chi connectivity index (χ0) is 18.5. The Hall–Kier alpha value is -3.11. The zero-order valence-corrected chi connectivity index (χ0v) is 15.2. The van der Waals surface area contributed by atoms with Crippen LogP contribution >= 0.6 is 11.8 Å². The molecule has 0 saturated carbocycles. The fraction of sp³-hybridized carbons (Fsp3) is 0.158. The number of thioether (sulfide) groups is 1. The van der Waals surface area contributed by atoms with Crippen LogP contribution in [0.15, 0.2) is 59.8 Å². The highest BCUT2D eigenvalue weighted by atomic mass is 32.2. The number of nitrogens with one attached hydrogen (secondary N) is 1. The molecule has 1 N–H and O–H groups in total. The van der Waals surface area contributed by atoms with E-state index >= 15 is 0 Å². The minimum Gasteiger partial charge on any atom is -0.324 e. The number of nitriles is 1. The Kier molecular flexibility index (Phi) is 5.34. The van der Waals surface area contributed by atoms with Gasteiger partial charge in [-0.3, -0.25) is 4.79 Å². The summed E-state index contributed by atoms with van der Waals surface area (Å²) in [5, 5.41) is 20.6. The average Bonchev–Trinajstić information content (AvgIpc) is 3.03. The first-order valence-corrected chi connectivity index (χ1v) is 8.89. The molecule has 0 saturated heterocycles. The van der Waals surface area contributed by atoms with Gasteiger partial charge in [-0.15, -0.1) is 10.2 Å². The van der Waals surface area contributed by atoms with Crippen molar-refractivity contribution >= 4 is 23.4 Å². The third-order valence-electron chi connectivity index (χ3n) is 3.82. The monoisotopic (exact) mass is 363 g/mol. The van der Waals surface area contributed by atoms with Crippen LogP contribution in [0.25, 0.3) is 11.4 Å². The van der Waals surface area contributed by atoms with Gasteiger partial charge in [0.25, 0.3) is 0 Å². The number of hydrogen-bond acceptors (Lipinski definition) is 5. The highest BCUT2D eigenvalue weighted by molar-refractivity contribution is 8.00. The van der Waals surface area contributed by atoms with E-state index < -0.39 is 5.25 Å². The van der Waals surface area contributed by atoms with Gasteiger partial charge in [-0.1, -0.05) is 54.2 Å². The molecule has 3 rings (SSSR count). The standard InChI is InChI=1S/C19H17N5OS/c1-13(18(25)21-16-11-7-6-10-15(16)12-20)26-19-23-22-17(24(19)2)14-8-4-3-5-9-14/h3-11,13H,1-2H3,(H,21,25). The molecule has 3 aromatic rings. The Morgan fingerprint density at radius 3 is 2.58 bits per heavy atom. The van der Waals surface area contributed by atoms with Gasteiger partial charge in [0.15, 0.2) is 11.0 Å². The molecule has 0 radical (unpaired) electrons. The quantitative estimate of drug-likeness (QED) is 0.702. The van der Waals surface area contributed by atoms with E-state index in [1.807, 2.05) is 41.9 Å². The Balaban J connectivity index is 1.72. The van der Waals surface area contributed by atoms with Crippen molar-refractivity contribution in [2.24, 2.45) is 7.05 Å². The van der Waals surface area contributed by atoms with Crippen molar-refractivity contribution in [2.45, 2.75) is 17.3 Å². The van der Waals surface area contributed by atoms with E-state index in [0.29, 0.717) is 16.4 Å². The van der Waals surface area contributed by atoms with Crippen LogP contribution < -0.4 is 5.32 Å². The number of para-hydroxylation sites is 1. The van der Waals surface area contributed by atoms with E-state index in [4.69, 9.17) is 5.26 Å². The molecular weight excluding hydrogens is 346 g/mol. The molecule has 1 heterocycles. The number of amides is 1. The van der Waals surface area contributed by atoms with Gasteiger partial charge >= 0.3 is 0 Å². The van der Waals surface area contributed by atoms with Crippen LogP contribution in [-0.2, 0) is 11.8 Å². The van der Waals surface area contributed by atoms with Crippen LogP contribution in [0.5, 0.6) is 0 Å². The van der Waals surface area contributed by atoms with Crippen LogP contribution in [0.2, 0.25) is 0 Å². The summed E-state index contributed by atoms with van der Waals surface area (Å²) in [6.45, 7) is 1.80. The number of hydrogen-bond donors (Lipinski definition) is 1. The molecule has 1 unspecified atom stereocenters. The topological polar surface area (TPSA) is 83.6 Å². The zero-order valence-electron chi connectivity index (χ0n) is 14.4. The maximum Gasteiger partial charge on any atom is 0.237 e. The molecule has 0 spiro atoms. The molecule has 130 valence electrons. The molecule has 1 atom stereocenters. The largest absolute Gasteiger partial charge is 0.324 e. The third kappa shape index (κ3) is 3.76. The molecular formula is C19H17N5OS. The number of carbonyl (C=O) groups is 1. The number of aromatic nitrogens is 3. The molecule has 0 aliphatic heterocycles. The van der Waals surface area contributed by atoms with Crippen molar-refractivity contribution in [1.29, 1.82) is 5.26 Å². The van der Waals surface area contributed by atoms with Gasteiger partial charge in [-0.05, 0) is 19.1 Å². The van der Waals surface area contributed by atoms with Gasteiger partial charge < -0.3 is 9.88 Å². The maximum atomic E-state index is 12.5. The number of benzene rings is 2. The average molecular weight is 363 g/mol. The highest BCUT2D eigenvalue weighted by Crippen LogP contribution is 2.26. The van der Waals surface area contributed by atoms with Gasteiger partial charge in [0.05, 0.1) is 16.5 Å². The molecule has 1 amide bonds. The first-order chi connectivity index (χ1) is 12.6. The highest BCUT2D eigenvalue weighted by Gasteiger charge is 2.20. The summed E-state index contributed by atoms with van der Waals surface area (Å²) in [6, 6.07) is 18.8. The lowest BCUT2D eigenvalue weighted by Crippen LogP contribution is -2.23. The van der Waals surface area contributed by atoms with Crippen molar-refractivity contribution < 1.29 is 4.79 Å². The van der Waals surface area contributed by atoms with Crippen LogP contribution in [0.3, 0.4) is 0 Å². The molecule has 26 heavy (non-hydrogen) atoms. The van der Waals surface area contributed by atoms with Gasteiger partial charge in [0, 0.05) is 12.6 Å². The second-order valence-electron chi connectivity index (χ2n) is 5.64. The van der Waals surface area contributed by atoms with E-state index in [1.165, 1.54) is 11.8 Å². The summed E-state index contributed by atoms with van der Waals surface area (Å²) in [7, 11) is 1.88. The first kappa shape index (κ1) is 17.7. The van der Waals surface area contributed by atoms with Crippen molar-refractivity contribution in [1.82, 2.24) is 14.8 Å². The van der Waals surface area contributed by atoms with E-state index in [2.05, 4.69) is 21.6 Å². The van der Waals surface area contributed by atoms with Gasteiger partial charge in [-0.25, -0.2) is 0 Å². The molecule has 1 aromatic heterocycles. The van der Waals surface area contributed by atoms with Crippen molar-refractivity contribution in [3.63, 3.8) is 0 Å². The van der Waals surface area contributed by atoms with Gasteiger partial charge in [0.2, 0.25) is 5.91 Å². The van der Waals surface area contributed by atoms with Gasteiger partial charge in [0.1, 0.15) is 6.07 Å². The van der Waals surface area contributed by atoms with E-state index in [9.17, 15) is 4.79 Å². The molecule has 0 aliphatic carbocycles. The van der Waals surface area contributed by atoms with E-state index in [1.54, 1.807) is 31.2 Å². The fourth-order valence-electron chi connectivity index (χ4n) is 2.39. The van der Waals surface area contributed by atoms with Crippen LogP contribution in [0.1, 0.15) is 12.5 Å². The normalized spacial score (nSPS) is 11.6. The van der Waals surface area contributed by atoms with Gasteiger partial charge in [-0.2, -0.15) is 5.26 Å². The molecule has 0 bridgehead atoms. The molecule has 0 aliphatic rings. The lowest BCUT2D eigenvalue weighted by atomic mass is 10.2. The number of rotatable bonds is 5. The summed E-state index contributed by atoms with van der Waals surface area (Å²) in [5.74, 6) is 0.553. The Labute approximate surface area is 155 Å². The molecule has 2 aromatic carbocycles. The molecule has 0 fully saturated rings. The van der Waals surface area contributed by atoms with Crippen molar-refractivity contribution in [3.05, 3.63) is 60.2 Å². The van der Waals surface area contributed by atoms with E-state index in [0.717, 1.165) is 11.4 Å². The second kappa shape index (κ2) is 7.85. The second-order valence-corrected chi connectivity index (χ2v) is 6.95. The lowest BCUT2D eigenvalue weighted by molar-refractivity contribution is -0.115. The predicted octanol–water partition coefficient (Wildman–Crippen LogP) is 3.47. The Morgan fingerprint density at radius 1 is 1.15 bits per heavy atom. The summed E-state index contributed by atoms with van der Waals surface area (Å²) in [4.78, 5) is 12.5. The van der Waals surface area contributed by atoms with Crippen LogP contribution in [0, 0.1) is 11.3 Å². The summed E-state index contributed by atoms with van der Waals surface area (Å²) in [5.41, 5.74) is 1.91. The van der Waals surface area contributed by atoms with Crippen LogP contribution in [-0.4, -0.2) is 25.9 Å². The number of anilines is 1. The summed E-state index contributed by atoms with van der Waals surface area (Å²) in [6.07, 6.45) is 0. The first-order valence-electron chi connectivity index (χ1n) is 8.01. The van der Waals surface area contributed by atoms with Crippen molar-refractivity contribution in [2.75, 3.05) is 5.32 Å². The van der Waals surface area contributed by atoms with Crippen molar-refractivity contribution in [3.8, 4) is 17.5 Å². The summed E-state index contributed by atoms with van der Waals surface area (Å²) < 4.78 is 1.87. The predicted molar refractivity (Wildman–Crippen MR) is 102 cm³/mol. The SMILES string of the molecule is CC(Sc1nnc(-c2ccccc2)n1C)C(=O)Nc1ccccc1C#N. The molecule has 7 heteroatoms. The smallest absolute Gasteiger partial charge is 0.237 e. The number of carbonyl (C=O) groups excluding carboxylic acids is 1. The maximum absolute atomic E-state index is 12.5. The fourth-order valence-corrected chi connectivity index (χ4v) is 3.21. The third-order valence-corrected chi connectivity index (χ3v) is 4.96. The molecule has 6 nitrogen and oxygen atoms in total. The Morgan fingerprint density at radius 2 is 1.85 bits per heavy atom. The lowest BCUT2D eigenvalue weighted by Gasteiger charge is -2.12.